The molecule has 4 heteroatoms. The summed E-state index contributed by atoms with van der Waals surface area (Å²) in [5.74, 6) is 0.332. The monoisotopic (exact) mass is 275 g/mol. The molecule has 0 saturated heterocycles. The fourth-order valence-electron chi connectivity index (χ4n) is 1.91. The number of pyridine rings is 1. The summed E-state index contributed by atoms with van der Waals surface area (Å²) in [6.45, 7) is 1.99. The SMILES string of the molecule is CCc1cccnc1C(=O)c1cc(Cl)ccc1OC. The lowest BCUT2D eigenvalue weighted by molar-refractivity contribution is 0.103. The van der Waals surface area contributed by atoms with Crippen molar-refractivity contribution < 1.29 is 9.53 Å². The van der Waals surface area contributed by atoms with Crippen LogP contribution in [0.15, 0.2) is 36.5 Å². The Balaban J connectivity index is 2.52. The summed E-state index contributed by atoms with van der Waals surface area (Å²) in [4.78, 5) is 16.7. The van der Waals surface area contributed by atoms with Crippen molar-refractivity contribution in [3.8, 4) is 5.75 Å². The third kappa shape index (κ3) is 2.76. The highest BCUT2D eigenvalue weighted by molar-refractivity contribution is 6.31. The number of ether oxygens (including phenoxy) is 1. The number of ketones is 1. The molecule has 0 aliphatic carbocycles. The van der Waals surface area contributed by atoms with Crippen molar-refractivity contribution in [2.24, 2.45) is 0 Å². The molecule has 3 nitrogen and oxygen atoms in total. The minimum Gasteiger partial charge on any atom is -0.496 e. The first-order valence-electron chi connectivity index (χ1n) is 5.99. The van der Waals surface area contributed by atoms with Crippen molar-refractivity contribution in [2.75, 3.05) is 7.11 Å². The Morgan fingerprint density at radius 3 is 2.84 bits per heavy atom. The number of benzene rings is 1. The molecule has 0 fully saturated rings. The van der Waals surface area contributed by atoms with Crippen LogP contribution in [0.3, 0.4) is 0 Å². The Morgan fingerprint density at radius 1 is 1.37 bits per heavy atom. The van der Waals surface area contributed by atoms with E-state index in [0.29, 0.717) is 22.0 Å². The molecule has 0 bridgehead atoms. The molecule has 0 aliphatic heterocycles. The molecule has 19 heavy (non-hydrogen) atoms. The van der Waals surface area contributed by atoms with Gasteiger partial charge in [-0.25, -0.2) is 0 Å². The van der Waals surface area contributed by atoms with Crippen LogP contribution in [0.25, 0.3) is 0 Å². The molecule has 1 aromatic heterocycles. The number of rotatable bonds is 4. The molecule has 0 spiro atoms. The van der Waals surface area contributed by atoms with Gasteiger partial charge < -0.3 is 4.74 Å². The van der Waals surface area contributed by atoms with E-state index in [1.54, 1.807) is 24.4 Å². The smallest absolute Gasteiger partial charge is 0.215 e. The van der Waals surface area contributed by atoms with Crippen LogP contribution in [0, 0.1) is 0 Å². The second-order valence-corrected chi connectivity index (χ2v) is 4.47. The van der Waals surface area contributed by atoms with Crippen LogP contribution in [0.1, 0.15) is 28.5 Å². The maximum Gasteiger partial charge on any atom is 0.215 e. The van der Waals surface area contributed by atoms with Gasteiger partial charge in [0.25, 0.3) is 0 Å². The predicted molar refractivity (Wildman–Crippen MR) is 75.1 cm³/mol. The number of nitrogens with zero attached hydrogens (tertiary/aromatic N) is 1. The molecule has 1 aromatic carbocycles. The lowest BCUT2D eigenvalue weighted by Crippen LogP contribution is -2.09. The van der Waals surface area contributed by atoms with Gasteiger partial charge >= 0.3 is 0 Å². The average Bonchev–Trinajstić information content (AvgIpc) is 2.46. The van der Waals surface area contributed by atoms with E-state index >= 15 is 0 Å². The van der Waals surface area contributed by atoms with E-state index in [9.17, 15) is 4.79 Å². The van der Waals surface area contributed by atoms with E-state index < -0.39 is 0 Å². The zero-order valence-corrected chi connectivity index (χ0v) is 11.6. The number of aryl methyl sites for hydroxylation is 1. The van der Waals surface area contributed by atoms with Gasteiger partial charge in [0, 0.05) is 11.2 Å². The molecule has 0 amide bonds. The van der Waals surface area contributed by atoms with Crippen LogP contribution in [0.4, 0.5) is 0 Å². The minimum absolute atomic E-state index is 0.170. The molecule has 0 unspecified atom stereocenters. The molecular weight excluding hydrogens is 262 g/mol. The maximum absolute atomic E-state index is 12.6. The van der Waals surface area contributed by atoms with E-state index in [-0.39, 0.29) is 5.78 Å². The van der Waals surface area contributed by atoms with Crippen molar-refractivity contribution >= 4 is 17.4 Å². The van der Waals surface area contributed by atoms with Crippen molar-refractivity contribution in [2.45, 2.75) is 13.3 Å². The first-order valence-corrected chi connectivity index (χ1v) is 6.37. The Bertz CT molecular complexity index is 611. The van der Waals surface area contributed by atoms with Gasteiger partial charge in [-0.1, -0.05) is 24.6 Å². The average molecular weight is 276 g/mol. The van der Waals surface area contributed by atoms with Crippen molar-refractivity contribution in [1.82, 2.24) is 4.98 Å². The number of hydrogen-bond acceptors (Lipinski definition) is 3. The summed E-state index contributed by atoms with van der Waals surface area (Å²) in [6.07, 6.45) is 2.36. The zero-order valence-electron chi connectivity index (χ0n) is 10.8. The minimum atomic E-state index is -0.170. The Hall–Kier alpha value is -1.87. The number of aromatic nitrogens is 1. The number of methoxy groups -OCH3 is 1. The number of halogens is 1. The van der Waals surface area contributed by atoms with E-state index in [0.717, 1.165) is 12.0 Å². The van der Waals surface area contributed by atoms with Gasteiger partial charge in [0.05, 0.1) is 12.7 Å². The summed E-state index contributed by atoms with van der Waals surface area (Å²) in [7, 11) is 1.53. The number of carbonyl (C=O) groups is 1. The highest BCUT2D eigenvalue weighted by atomic mass is 35.5. The largest absolute Gasteiger partial charge is 0.496 e. The fourth-order valence-corrected chi connectivity index (χ4v) is 2.09. The number of carbonyl (C=O) groups excluding carboxylic acids is 1. The van der Waals surface area contributed by atoms with E-state index in [4.69, 9.17) is 16.3 Å². The third-order valence-electron chi connectivity index (χ3n) is 2.89. The van der Waals surface area contributed by atoms with Gasteiger partial charge in [-0.3, -0.25) is 9.78 Å². The molecule has 2 aromatic rings. The molecule has 0 radical (unpaired) electrons. The second kappa shape index (κ2) is 5.85. The van der Waals surface area contributed by atoms with Crippen LogP contribution in [-0.2, 0) is 6.42 Å². The molecule has 98 valence electrons. The van der Waals surface area contributed by atoms with Crippen molar-refractivity contribution in [3.05, 3.63) is 58.4 Å². The first kappa shape index (κ1) is 13.6. The molecule has 0 atom stereocenters. The third-order valence-corrected chi connectivity index (χ3v) is 3.13. The fraction of sp³-hybridized carbons (Fsp3) is 0.200. The summed E-state index contributed by atoms with van der Waals surface area (Å²) in [5.41, 5.74) is 1.79. The van der Waals surface area contributed by atoms with Gasteiger partial charge in [-0.05, 0) is 36.2 Å². The van der Waals surface area contributed by atoms with Crippen LogP contribution in [-0.4, -0.2) is 17.9 Å². The Kier molecular flexibility index (Phi) is 4.17. The standard InChI is InChI=1S/C15H14ClNO2/c1-3-10-5-4-8-17-14(10)15(18)12-9-11(16)6-7-13(12)19-2/h4-9H,3H2,1-2H3. The summed E-state index contributed by atoms with van der Waals surface area (Å²) in [5, 5.41) is 0.498. The van der Waals surface area contributed by atoms with E-state index in [2.05, 4.69) is 4.98 Å². The molecule has 1 heterocycles. The molecule has 0 saturated carbocycles. The van der Waals surface area contributed by atoms with Crippen LogP contribution < -0.4 is 4.74 Å². The van der Waals surface area contributed by atoms with Crippen molar-refractivity contribution in [1.29, 1.82) is 0 Å². The lowest BCUT2D eigenvalue weighted by Gasteiger charge is -2.09. The summed E-state index contributed by atoms with van der Waals surface area (Å²) >= 11 is 5.95. The lowest BCUT2D eigenvalue weighted by atomic mass is 10.0. The molecule has 0 aliphatic rings. The van der Waals surface area contributed by atoms with E-state index in [1.165, 1.54) is 7.11 Å². The van der Waals surface area contributed by atoms with Crippen LogP contribution >= 0.6 is 11.6 Å². The highest BCUT2D eigenvalue weighted by Crippen LogP contribution is 2.25. The Morgan fingerprint density at radius 2 is 2.16 bits per heavy atom. The topological polar surface area (TPSA) is 39.2 Å². The summed E-state index contributed by atoms with van der Waals surface area (Å²) < 4.78 is 5.21. The van der Waals surface area contributed by atoms with Gasteiger partial charge in [0.1, 0.15) is 11.4 Å². The van der Waals surface area contributed by atoms with Gasteiger partial charge in [-0.15, -0.1) is 0 Å². The number of hydrogen-bond donors (Lipinski definition) is 0. The van der Waals surface area contributed by atoms with Crippen molar-refractivity contribution in [3.63, 3.8) is 0 Å². The van der Waals surface area contributed by atoms with Gasteiger partial charge in [0.15, 0.2) is 0 Å². The normalized spacial score (nSPS) is 10.3. The highest BCUT2D eigenvalue weighted by Gasteiger charge is 2.18. The zero-order chi connectivity index (χ0) is 13.8. The summed E-state index contributed by atoms with van der Waals surface area (Å²) in [6, 6.07) is 8.71. The van der Waals surface area contributed by atoms with Crippen LogP contribution in [0.5, 0.6) is 5.75 Å². The predicted octanol–water partition coefficient (Wildman–Crippen LogP) is 3.54. The quantitative estimate of drug-likeness (QED) is 0.801. The van der Waals surface area contributed by atoms with Gasteiger partial charge in [0.2, 0.25) is 5.78 Å². The first-order chi connectivity index (χ1) is 9.17. The van der Waals surface area contributed by atoms with E-state index in [1.807, 2.05) is 19.1 Å². The van der Waals surface area contributed by atoms with Crippen LogP contribution in [0.2, 0.25) is 5.02 Å². The van der Waals surface area contributed by atoms with Gasteiger partial charge in [-0.2, -0.15) is 0 Å². The Labute approximate surface area is 117 Å². The molecule has 2 rings (SSSR count). The molecule has 0 N–H and O–H groups in total. The second-order valence-electron chi connectivity index (χ2n) is 4.04. The molecular formula is C15H14ClNO2. The maximum atomic E-state index is 12.6.